The molecule has 0 aliphatic rings. The number of hydrogen-bond acceptors (Lipinski definition) is 6. The number of ketones is 1. The Morgan fingerprint density at radius 2 is 1.71 bits per heavy atom. The van der Waals surface area contributed by atoms with Crippen molar-refractivity contribution in [2.24, 2.45) is 0 Å². The molecule has 0 fully saturated rings. The van der Waals surface area contributed by atoms with E-state index in [9.17, 15) is 14.4 Å². The smallest absolute Gasteiger partial charge is 0.344 e. The van der Waals surface area contributed by atoms with E-state index in [1.54, 1.807) is 55.5 Å². The Kier molecular flexibility index (Phi) is 7.56. The first-order chi connectivity index (χ1) is 13.4. The molecule has 7 heteroatoms. The van der Waals surface area contributed by atoms with Crippen molar-refractivity contribution in [2.75, 3.05) is 19.0 Å². The summed E-state index contributed by atoms with van der Waals surface area (Å²) in [6.07, 6.45) is -0.591. The van der Waals surface area contributed by atoms with Crippen molar-refractivity contribution in [3.05, 3.63) is 54.1 Å². The van der Waals surface area contributed by atoms with Crippen LogP contribution in [-0.2, 0) is 14.3 Å². The molecule has 28 heavy (non-hydrogen) atoms. The van der Waals surface area contributed by atoms with Gasteiger partial charge in [-0.3, -0.25) is 9.59 Å². The summed E-state index contributed by atoms with van der Waals surface area (Å²) in [5.74, 6) is -0.212. The standard InChI is InChI=1S/C21H23NO6/c1-4-18(23)15-9-11-16(12-10-15)27-13-20(24)28-14(2)21(25)22-17-7-5-6-8-19(17)26-3/h5-12,14H,4,13H2,1-3H3,(H,22,25)/t14-/m0/s1. The Morgan fingerprint density at radius 1 is 1.04 bits per heavy atom. The second-order valence-electron chi connectivity index (χ2n) is 5.91. The number of hydrogen-bond donors (Lipinski definition) is 1. The number of ether oxygens (including phenoxy) is 3. The van der Waals surface area contributed by atoms with E-state index in [1.165, 1.54) is 14.0 Å². The van der Waals surface area contributed by atoms with Crippen LogP contribution in [0.1, 0.15) is 30.6 Å². The van der Waals surface area contributed by atoms with E-state index in [0.717, 1.165) is 0 Å². The molecule has 0 heterocycles. The summed E-state index contributed by atoms with van der Waals surface area (Å²) in [5, 5.41) is 2.65. The monoisotopic (exact) mass is 385 g/mol. The molecule has 0 aliphatic heterocycles. The maximum absolute atomic E-state index is 12.2. The number of amides is 1. The van der Waals surface area contributed by atoms with Gasteiger partial charge in [0.1, 0.15) is 11.5 Å². The minimum atomic E-state index is -1.01. The average Bonchev–Trinajstić information content (AvgIpc) is 2.72. The quantitative estimate of drug-likeness (QED) is 0.526. The number of Topliss-reactive ketones (excluding diaryl/α,β-unsaturated/α-hetero) is 1. The van der Waals surface area contributed by atoms with Crippen LogP contribution >= 0.6 is 0 Å². The van der Waals surface area contributed by atoms with E-state index in [2.05, 4.69) is 5.32 Å². The molecule has 0 aliphatic carbocycles. The lowest BCUT2D eigenvalue weighted by molar-refractivity contribution is -0.155. The van der Waals surface area contributed by atoms with Crippen LogP contribution < -0.4 is 14.8 Å². The highest BCUT2D eigenvalue weighted by Gasteiger charge is 2.19. The molecule has 0 bridgehead atoms. The van der Waals surface area contributed by atoms with Gasteiger partial charge in [-0.15, -0.1) is 0 Å². The highest BCUT2D eigenvalue weighted by molar-refractivity contribution is 5.96. The Morgan fingerprint density at radius 3 is 2.36 bits per heavy atom. The Balaban J connectivity index is 1.83. The Bertz CT molecular complexity index is 831. The van der Waals surface area contributed by atoms with Crippen molar-refractivity contribution in [2.45, 2.75) is 26.4 Å². The molecule has 0 saturated carbocycles. The topological polar surface area (TPSA) is 90.9 Å². The lowest BCUT2D eigenvalue weighted by atomic mass is 10.1. The molecule has 0 radical (unpaired) electrons. The predicted octanol–water partition coefficient (Wildman–Crippen LogP) is 3.24. The largest absolute Gasteiger partial charge is 0.495 e. The fourth-order valence-electron chi connectivity index (χ4n) is 2.35. The van der Waals surface area contributed by atoms with Crippen LogP contribution in [-0.4, -0.2) is 37.5 Å². The minimum Gasteiger partial charge on any atom is -0.495 e. The number of para-hydroxylation sites is 2. The summed E-state index contributed by atoms with van der Waals surface area (Å²) in [7, 11) is 1.50. The van der Waals surface area contributed by atoms with E-state index in [0.29, 0.717) is 29.2 Å². The van der Waals surface area contributed by atoms with Gasteiger partial charge in [0, 0.05) is 12.0 Å². The third kappa shape index (κ3) is 5.84. The van der Waals surface area contributed by atoms with Gasteiger partial charge in [-0.25, -0.2) is 4.79 Å². The summed E-state index contributed by atoms with van der Waals surface area (Å²) in [4.78, 5) is 35.7. The lowest BCUT2D eigenvalue weighted by Gasteiger charge is -2.15. The van der Waals surface area contributed by atoms with Crippen molar-refractivity contribution < 1.29 is 28.6 Å². The van der Waals surface area contributed by atoms with E-state index < -0.39 is 18.0 Å². The van der Waals surface area contributed by atoms with Crippen LogP contribution in [0.5, 0.6) is 11.5 Å². The minimum absolute atomic E-state index is 0.0286. The fraction of sp³-hybridized carbons (Fsp3) is 0.286. The SMILES string of the molecule is CCC(=O)c1ccc(OCC(=O)O[C@@H](C)C(=O)Nc2ccccc2OC)cc1. The molecule has 1 amide bonds. The molecule has 2 aromatic rings. The summed E-state index contributed by atoms with van der Waals surface area (Å²) in [6, 6.07) is 13.4. The van der Waals surface area contributed by atoms with E-state index in [-0.39, 0.29) is 12.4 Å². The zero-order chi connectivity index (χ0) is 20.5. The molecule has 0 saturated heterocycles. The maximum atomic E-state index is 12.2. The molecule has 1 N–H and O–H groups in total. The van der Waals surface area contributed by atoms with Gasteiger partial charge < -0.3 is 19.5 Å². The summed E-state index contributed by atoms with van der Waals surface area (Å²) in [5.41, 5.74) is 1.06. The number of rotatable bonds is 9. The van der Waals surface area contributed by atoms with Crippen molar-refractivity contribution >= 4 is 23.3 Å². The second-order valence-corrected chi connectivity index (χ2v) is 5.91. The van der Waals surface area contributed by atoms with Crippen LogP contribution in [0, 0.1) is 0 Å². The van der Waals surface area contributed by atoms with Crippen LogP contribution in [0.25, 0.3) is 0 Å². The molecule has 0 spiro atoms. The number of benzene rings is 2. The van der Waals surface area contributed by atoms with Crippen molar-refractivity contribution in [3.63, 3.8) is 0 Å². The van der Waals surface area contributed by atoms with Crippen molar-refractivity contribution in [1.29, 1.82) is 0 Å². The Hall–Kier alpha value is -3.35. The van der Waals surface area contributed by atoms with Gasteiger partial charge in [-0.2, -0.15) is 0 Å². The first kappa shape index (κ1) is 21.0. The summed E-state index contributed by atoms with van der Waals surface area (Å²) in [6.45, 7) is 2.90. The first-order valence-electron chi connectivity index (χ1n) is 8.84. The molecular weight excluding hydrogens is 362 g/mol. The molecule has 0 aromatic heterocycles. The summed E-state index contributed by atoms with van der Waals surface area (Å²) >= 11 is 0. The van der Waals surface area contributed by atoms with Gasteiger partial charge in [-0.05, 0) is 43.3 Å². The fourth-order valence-corrected chi connectivity index (χ4v) is 2.35. The first-order valence-corrected chi connectivity index (χ1v) is 8.84. The van der Waals surface area contributed by atoms with Gasteiger partial charge >= 0.3 is 5.97 Å². The third-order valence-corrected chi connectivity index (χ3v) is 3.90. The van der Waals surface area contributed by atoms with Crippen LogP contribution in [0.4, 0.5) is 5.69 Å². The van der Waals surface area contributed by atoms with Gasteiger partial charge in [0.2, 0.25) is 0 Å². The highest BCUT2D eigenvalue weighted by atomic mass is 16.6. The van der Waals surface area contributed by atoms with E-state index in [1.807, 2.05) is 0 Å². The normalized spacial score (nSPS) is 11.2. The lowest BCUT2D eigenvalue weighted by Crippen LogP contribution is -2.31. The van der Waals surface area contributed by atoms with Gasteiger partial charge in [0.15, 0.2) is 18.5 Å². The number of carbonyl (C=O) groups excluding carboxylic acids is 3. The molecule has 0 unspecified atom stereocenters. The summed E-state index contributed by atoms with van der Waals surface area (Å²) < 4.78 is 15.6. The number of methoxy groups -OCH3 is 1. The average molecular weight is 385 g/mol. The van der Waals surface area contributed by atoms with Gasteiger partial charge in [0.25, 0.3) is 5.91 Å². The predicted molar refractivity (Wildman–Crippen MR) is 104 cm³/mol. The number of carbonyl (C=O) groups is 3. The van der Waals surface area contributed by atoms with Gasteiger partial charge in [-0.1, -0.05) is 19.1 Å². The zero-order valence-electron chi connectivity index (χ0n) is 16.1. The number of nitrogens with one attached hydrogen (secondary N) is 1. The Labute approximate surface area is 163 Å². The van der Waals surface area contributed by atoms with E-state index >= 15 is 0 Å². The molecule has 7 nitrogen and oxygen atoms in total. The molecule has 2 aromatic carbocycles. The van der Waals surface area contributed by atoms with Crippen LogP contribution in [0.3, 0.4) is 0 Å². The molecule has 148 valence electrons. The maximum Gasteiger partial charge on any atom is 0.344 e. The molecule has 1 atom stereocenters. The van der Waals surface area contributed by atoms with Crippen molar-refractivity contribution in [3.8, 4) is 11.5 Å². The molecular formula is C21H23NO6. The van der Waals surface area contributed by atoms with Crippen LogP contribution in [0.15, 0.2) is 48.5 Å². The number of esters is 1. The third-order valence-electron chi connectivity index (χ3n) is 3.90. The second kappa shape index (κ2) is 10.1. The van der Waals surface area contributed by atoms with Crippen LogP contribution in [0.2, 0.25) is 0 Å². The van der Waals surface area contributed by atoms with Crippen molar-refractivity contribution in [1.82, 2.24) is 0 Å². The number of anilines is 1. The van der Waals surface area contributed by atoms with E-state index in [4.69, 9.17) is 14.2 Å². The van der Waals surface area contributed by atoms with Gasteiger partial charge in [0.05, 0.1) is 12.8 Å². The molecule has 2 rings (SSSR count). The zero-order valence-corrected chi connectivity index (χ0v) is 16.1. The highest BCUT2D eigenvalue weighted by Crippen LogP contribution is 2.23.